The summed E-state index contributed by atoms with van der Waals surface area (Å²) in [6, 6.07) is 28.8. The predicted molar refractivity (Wildman–Crippen MR) is 167 cm³/mol. The van der Waals surface area contributed by atoms with Crippen molar-refractivity contribution in [1.82, 2.24) is 5.32 Å². The van der Waals surface area contributed by atoms with Gasteiger partial charge in [0, 0.05) is 28.4 Å². The number of thioether (sulfide) groups is 1. The number of para-hydroxylation sites is 1. The number of carbonyl (C=O) groups excluding carboxylic acids is 3. The average molecular weight is 603 g/mol. The number of nitrogens with one attached hydrogen (secondary N) is 2. The molecule has 0 saturated heterocycles. The average Bonchev–Trinajstić information content (AvgIpc) is 3.43. The maximum atomic E-state index is 13.3. The summed E-state index contributed by atoms with van der Waals surface area (Å²) in [4.78, 5) is 41.7. The van der Waals surface area contributed by atoms with E-state index >= 15 is 0 Å². The summed E-state index contributed by atoms with van der Waals surface area (Å²) in [5.41, 5.74) is 3.58. The molecule has 0 aliphatic carbocycles. The van der Waals surface area contributed by atoms with Crippen molar-refractivity contribution < 1.29 is 14.4 Å². The molecule has 1 aliphatic rings. The minimum Gasteiger partial charge on any atom is -0.321 e. The van der Waals surface area contributed by atoms with Crippen molar-refractivity contribution in [3.8, 4) is 0 Å². The van der Waals surface area contributed by atoms with Gasteiger partial charge in [0.25, 0.3) is 11.8 Å². The largest absolute Gasteiger partial charge is 0.321 e. The van der Waals surface area contributed by atoms with Crippen LogP contribution in [0.5, 0.6) is 0 Å². The Morgan fingerprint density at radius 1 is 0.854 bits per heavy atom. The summed E-state index contributed by atoms with van der Waals surface area (Å²) in [5, 5.41) is 6.10. The van der Waals surface area contributed by atoms with Crippen molar-refractivity contribution in [3.63, 3.8) is 0 Å². The van der Waals surface area contributed by atoms with E-state index in [1.165, 1.54) is 23.4 Å². The van der Waals surface area contributed by atoms with Crippen molar-refractivity contribution in [2.45, 2.75) is 11.3 Å². The molecule has 4 aromatic rings. The van der Waals surface area contributed by atoms with E-state index in [0.717, 1.165) is 17.0 Å². The molecule has 4 aromatic carbocycles. The third-order valence-corrected chi connectivity index (χ3v) is 8.30. The fourth-order valence-electron chi connectivity index (χ4n) is 4.38. The topological polar surface area (TPSA) is 78.5 Å². The second kappa shape index (κ2) is 13.1. The molecule has 0 fully saturated rings. The zero-order valence-electron chi connectivity index (χ0n) is 21.8. The first kappa shape index (κ1) is 28.5. The molecule has 0 aromatic heterocycles. The Hall–Kier alpha value is -4.04. The highest BCUT2D eigenvalue weighted by Gasteiger charge is 2.24. The molecule has 0 spiro atoms. The van der Waals surface area contributed by atoms with Crippen LogP contribution in [0.1, 0.15) is 21.5 Å². The number of hydrogen-bond acceptors (Lipinski definition) is 4. The lowest BCUT2D eigenvalue weighted by Crippen LogP contribution is -2.30. The quantitative estimate of drug-likeness (QED) is 0.167. The fraction of sp³-hybridized carbons (Fsp3) is 0.0938. The minimum absolute atomic E-state index is 0.00189. The van der Waals surface area contributed by atoms with Gasteiger partial charge in [-0.25, -0.2) is 0 Å². The first-order valence-corrected chi connectivity index (χ1v) is 14.6. The van der Waals surface area contributed by atoms with Gasteiger partial charge in [-0.1, -0.05) is 71.7 Å². The van der Waals surface area contributed by atoms with Crippen LogP contribution in [0, 0.1) is 0 Å². The molecule has 0 radical (unpaired) electrons. The van der Waals surface area contributed by atoms with Crippen LogP contribution in [0.25, 0.3) is 6.08 Å². The number of rotatable bonds is 8. The molecule has 2 N–H and O–H groups in total. The highest BCUT2D eigenvalue weighted by molar-refractivity contribution is 8.00. The maximum Gasteiger partial charge on any atom is 0.272 e. The third kappa shape index (κ3) is 7.00. The molecule has 3 amide bonds. The van der Waals surface area contributed by atoms with E-state index in [1.807, 2.05) is 35.2 Å². The number of halogens is 2. The number of anilines is 2. The zero-order chi connectivity index (χ0) is 28.8. The number of fused-ring (bicyclic) bond motifs is 1. The monoisotopic (exact) mass is 601 g/mol. The first-order valence-electron chi connectivity index (χ1n) is 12.8. The van der Waals surface area contributed by atoms with Crippen LogP contribution in [-0.4, -0.2) is 30.0 Å². The SMILES string of the molecule is O=C(Nc1ccc(SCC(=O)N2CCc3ccccc32)cc1)/C(=C/c1cccc(Cl)c1Cl)NC(=O)c1ccccc1. The Balaban J connectivity index is 1.26. The van der Waals surface area contributed by atoms with Gasteiger partial charge in [0.15, 0.2) is 0 Å². The standard InChI is InChI=1S/C32H25Cl2N3O3S/c33-26-11-6-10-23(30(26)34)19-27(36-31(39)22-8-2-1-3-9-22)32(40)35-24-13-15-25(16-14-24)41-20-29(38)37-18-17-21-7-4-5-12-28(21)37/h1-16,19H,17-18,20H2,(H,35,40)(H,36,39)/b27-19-. The van der Waals surface area contributed by atoms with Crippen LogP contribution >= 0.6 is 35.0 Å². The normalized spacial score (nSPS) is 12.5. The highest BCUT2D eigenvalue weighted by atomic mass is 35.5. The van der Waals surface area contributed by atoms with E-state index in [-0.39, 0.29) is 16.6 Å². The molecule has 41 heavy (non-hydrogen) atoms. The molecule has 9 heteroatoms. The molecule has 1 heterocycles. The molecule has 1 aliphatic heterocycles. The van der Waals surface area contributed by atoms with Crippen LogP contribution in [0.4, 0.5) is 11.4 Å². The van der Waals surface area contributed by atoms with Gasteiger partial charge in [0.05, 0.1) is 15.8 Å². The molecular formula is C32H25Cl2N3O3S. The van der Waals surface area contributed by atoms with Crippen LogP contribution in [0.2, 0.25) is 10.0 Å². The Morgan fingerprint density at radius 3 is 2.37 bits per heavy atom. The smallest absolute Gasteiger partial charge is 0.272 e. The first-order chi connectivity index (χ1) is 19.9. The number of amides is 3. The van der Waals surface area contributed by atoms with Crippen LogP contribution in [0.3, 0.4) is 0 Å². The van der Waals surface area contributed by atoms with Gasteiger partial charge in [-0.15, -0.1) is 11.8 Å². The Kier molecular flexibility index (Phi) is 9.09. The molecular weight excluding hydrogens is 577 g/mol. The van der Waals surface area contributed by atoms with Crippen molar-refractivity contribution in [1.29, 1.82) is 0 Å². The van der Waals surface area contributed by atoms with Gasteiger partial charge in [-0.05, 0) is 72.2 Å². The van der Waals surface area contributed by atoms with Crippen LogP contribution < -0.4 is 15.5 Å². The summed E-state index contributed by atoms with van der Waals surface area (Å²) < 4.78 is 0. The Labute approximate surface area is 252 Å². The van der Waals surface area contributed by atoms with Crippen LogP contribution in [0.15, 0.2) is 108 Å². The Bertz CT molecular complexity index is 1630. The van der Waals surface area contributed by atoms with Gasteiger partial charge >= 0.3 is 0 Å². The lowest BCUT2D eigenvalue weighted by Gasteiger charge is -2.17. The van der Waals surface area contributed by atoms with E-state index in [4.69, 9.17) is 23.2 Å². The molecule has 6 nitrogen and oxygen atoms in total. The summed E-state index contributed by atoms with van der Waals surface area (Å²) in [6.45, 7) is 0.695. The third-order valence-electron chi connectivity index (χ3n) is 6.47. The van der Waals surface area contributed by atoms with Gasteiger partial charge in [-0.3, -0.25) is 14.4 Å². The van der Waals surface area contributed by atoms with E-state index in [0.29, 0.717) is 34.1 Å². The van der Waals surface area contributed by atoms with Crippen molar-refractivity contribution in [2.75, 3.05) is 22.5 Å². The molecule has 5 rings (SSSR count). The molecule has 0 saturated carbocycles. The van der Waals surface area contributed by atoms with Crippen molar-refractivity contribution in [2.24, 2.45) is 0 Å². The maximum absolute atomic E-state index is 13.3. The summed E-state index contributed by atoms with van der Waals surface area (Å²) in [7, 11) is 0. The number of benzene rings is 4. The molecule has 0 bridgehead atoms. The lowest BCUT2D eigenvalue weighted by atomic mass is 10.1. The summed E-state index contributed by atoms with van der Waals surface area (Å²) in [5.74, 6) is -0.615. The van der Waals surface area contributed by atoms with Crippen molar-refractivity contribution >= 4 is 70.1 Å². The Morgan fingerprint density at radius 2 is 1.59 bits per heavy atom. The molecule has 206 valence electrons. The zero-order valence-corrected chi connectivity index (χ0v) is 24.1. The highest BCUT2D eigenvalue weighted by Crippen LogP contribution is 2.30. The van der Waals surface area contributed by atoms with Crippen LogP contribution in [-0.2, 0) is 16.0 Å². The predicted octanol–water partition coefficient (Wildman–Crippen LogP) is 7.08. The minimum atomic E-state index is -0.534. The van der Waals surface area contributed by atoms with Gasteiger partial charge in [-0.2, -0.15) is 0 Å². The second-order valence-corrected chi connectivity index (χ2v) is 11.0. The van der Waals surface area contributed by atoms with E-state index in [2.05, 4.69) is 16.7 Å². The van der Waals surface area contributed by atoms with Gasteiger partial charge in [0.2, 0.25) is 5.91 Å². The van der Waals surface area contributed by atoms with Gasteiger partial charge < -0.3 is 15.5 Å². The number of nitrogens with zero attached hydrogens (tertiary/aromatic N) is 1. The fourth-order valence-corrected chi connectivity index (χ4v) is 5.52. The van der Waals surface area contributed by atoms with E-state index in [9.17, 15) is 14.4 Å². The number of carbonyl (C=O) groups is 3. The number of hydrogen-bond donors (Lipinski definition) is 2. The van der Waals surface area contributed by atoms with Crippen molar-refractivity contribution in [3.05, 3.63) is 129 Å². The van der Waals surface area contributed by atoms with E-state index < -0.39 is 11.8 Å². The van der Waals surface area contributed by atoms with Gasteiger partial charge in [0.1, 0.15) is 5.70 Å². The summed E-state index contributed by atoms with van der Waals surface area (Å²) >= 11 is 13.9. The lowest BCUT2D eigenvalue weighted by molar-refractivity contribution is -0.116. The van der Waals surface area contributed by atoms with E-state index in [1.54, 1.807) is 60.7 Å². The second-order valence-electron chi connectivity index (χ2n) is 9.21. The molecule has 0 unspecified atom stereocenters. The molecule has 0 atom stereocenters. The summed E-state index contributed by atoms with van der Waals surface area (Å²) in [6.07, 6.45) is 2.35.